The molecule has 1 N–H and O–H groups in total. The molecule has 0 amide bonds. The number of fused-ring (bicyclic) bond motifs is 1. The monoisotopic (exact) mass is 417 g/mol. The van der Waals surface area contributed by atoms with Gasteiger partial charge < -0.3 is 14.2 Å². The standard InChI is InChI=1S/C18H25F2N3O4S/c19-18(20)3-7-23(8-4-18)9-12-26-15-2-1-14-16(22-15)27-17(13-21-28(14)24)5-10-25-11-6-17/h1-2,21H,3-13H2. The van der Waals surface area contributed by atoms with E-state index in [0.29, 0.717) is 75.5 Å². The molecule has 0 saturated carbocycles. The van der Waals surface area contributed by atoms with Crippen LogP contribution in [0.15, 0.2) is 17.0 Å². The van der Waals surface area contributed by atoms with E-state index in [2.05, 4.69) is 9.71 Å². The van der Waals surface area contributed by atoms with E-state index >= 15 is 0 Å². The van der Waals surface area contributed by atoms with Gasteiger partial charge in [-0.15, -0.1) is 0 Å². The van der Waals surface area contributed by atoms with Crippen molar-refractivity contribution in [1.82, 2.24) is 14.6 Å². The van der Waals surface area contributed by atoms with E-state index in [1.807, 2.05) is 4.90 Å². The molecule has 1 unspecified atom stereocenters. The van der Waals surface area contributed by atoms with Crippen molar-refractivity contribution in [3.05, 3.63) is 12.1 Å². The van der Waals surface area contributed by atoms with Crippen LogP contribution in [0.3, 0.4) is 0 Å². The molecule has 4 rings (SSSR count). The summed E-state index contributed by atoms with van der Waals surface area (Å²) in [6.07, 6.45) is 1.18. The second kappa shape index (κ2) is 8.17. The molecule has 3 aliphatic rings. The quantitative estimate of drug-likeness (QED) is 0.805. The Morgan fingerprint density at radius 1 is 1.21 bits per heavy atom. The Bertz CT molecular complexity index is 721. The van der Waals surface area contributed by atoms with Gasteiger partial charge in [0.1, 0.15) is 28.1 Å². The van der Waals surface area contributed by atoms with Crippen molar-refractivity contribution in [2.75, 3.05) is 46.0 Å². The average molecular weight is 417 g/mol. The summed E-state index contributed by atoms with van der Waals surface area (Å²) in [5, 5.41) is 0. The maximum absolute atomic E-state index is 13.2. The van der Waals surface area contributed by atoms with Crippen LogP contribution in [0.25, 0.3) is 0 Å². The zero-order chi connectivity index (χ0) is 19.6. The lowest BCUT2D eigenvalue weighted by Crippen LogP contribution is -2.48. The van der Waals surface area contributed by atoms with E-state index in [9.17, 15) is 13.0 Å². The molecular weight excluding hydrogens is 392 g/mol. The first-order chi connectivity index (χ1) is 13.4. The number of hydrogen-bond acceptors (Lipinski definition) is 6. The van der Waals surface area contributed by atoms with E-state index in [-0.39, 0.29) is 12.8 Å². The Labute approximate surface area is 165 Å². The minimum atomic E-state index is -2.54. The fourth-order valence-electron chi connectivity index (χ4n) is 3.63. The molecule has 7 nitrogen and oxygen atoms in total. The molecular formula is C18H25F2N3O4S. The summed E-state index contributed by atoms with van der Waals surface area (Å²) in [5.74, 6) is -1.85. The molecule has 1 spiro atoms. The van der Waals surface area contributed by atoms with Crippen LogP contribution in [-0.2, 0) is 15.7 Å². The van der Waals surface area contributed by atoms with Crippen molar-refractivity contribution in [2.45, 2.75) is 42.1 Å². The number of piperidine rings is 1. The van der Waals surface area contributed by atoms with E-state index in [0.717, 1.165) is 0 Å². The van der Waals surface area contributed by atoms with Crippen LogP contribution < -0.4 is 14.2 Å². The van der Waals surface area contributed by atoms with Gasteiger partial charge in [0.25, 0.3) is 5.92 Å². The minimum Gasteiger partial charge on any atom is -0.476 e. The molecule has 2 fully saturated rings. The number of likely N-dealkylation sites (tertiary alicyclic amines) is 1. The van der Waals surface area contributed by atoms with Gasteiger partial charge in [-0.3, -0.25) is 4.90 Å². The van der Waals surface area contributed by atoms with Crippen LogP contribution in [0.4, 0.5) is 8.78 Å². The number of hydrogen-bond donors (Lipinski definition) is 1. The highest BCUT2D eigenvalue weighted by Crippen LogP contribution is 2.34. The lowest BCUT2D eigenvalue weighted by molar-refractivity contribution is -0.0566. The highest BCUT2D eigenvalue weighted by Gasteiger charge is 2.39. The average Bonchev–Trinajstić information content (AvgIpc) is 2.80. The summed E-state index contributed by atoms with van der Waals surface area (Å²) in [4.78, 5) is 6.88. The number of nitrogens with zero attached hydrogens (tertiary/aromatic N) is 2. The summed E-state index contributed by atoms with van der Waals surface area (Å²) in [6.45, 7) is 3.29. The van der Waals surface area contributed by atoms with Gasteiger partial charge in [-0.05, 0) is 6.07 Å². The summed E-state index contributed by atoms with van der Waals surface area (Å²) < 4.78 is 59.2. The second-order valence-electron chi connectivity index (χ2n) is 7.49. The molecule has 3 aliphatic heterocycles. The predicted molar refractivity (Wildman–Crippen MR) is 98.2 cm³/mol. The highest BCUT2D eigenvalue weighted by molar-refractivity contribution is 7.83. The third-order valence-electron chi connectivity index (χ3n) is 5.49. The van der Waals surface area contributed by atoms with Crippen molar-refractivity contribution in [1.29, 1.82) is 0 Å². The van der Waals surface area contributed by atoms with E-state index in [4.69, 9.17) is 14.2 Å². The number of halogens is 2. The smallest absolute Gasteiger partial charge is 0.250 e. The van der Waals surface area contributed by atoms with Crippen molar-refractivity contribution < 1.29 is 27.2 Å². The largest absolute Gasteiger partial charge is 0.476 e. The molecule has 0 bridgehead atoms. The first kappa shape index (κ1) is 19.9. The fraction of sp³-hybridized carbons (Fsp3) is 0.722. The van der Waals surface area contributed by atoms with Crippen LogP contribution in [0.2, 0.25) is 0 Å². The fourth-order valence-corrected chi connectivity index (χ4v) is 4.61. The molecule has 4 heterocycles. The van der Waals surface area contributed by atoms with Gasteiger partial charge in [0.05, 0.1) is 13.2 Å². The number of alkyl halides is 2. The Morgan fingerprint density at radius 3 is 2.71 bits per heavy atom. The van der Waals surface area contributed by atoms with Crippen molar-refractivity contribution in [3.63, 3.8) is 0 Å². The first-order valence-electron chi connectivity index (χ1n) is 9.61. The van der Waals surface area contributed by atoms with Gasteiger partial charge in [-0.25, -0.2) is 17.7 Å². The maximum atomic E-state index is 13.2. The molecule has 0 aliphatic carbocycles. The molecule has 156 valence electrons. The van der Waals surface area contributed by atoms with Crippen molar-refractivity contribution in [3.8, 4) is 11.8 Å². The van der Waals surface area contributed by atoms with Gasteiger partial charge in [0.2, 0.25) is 11.8 Å². The lowest BCUT2D eigenvalue weighted by Gasteiger charge is -2.35. The summed E-state index contributed by atoms with van der Waals surface area (Å²) in [7, 11) is -1.40. The van der Waals surface area contributed by atoms with Gasteiger partial charge in [0, 0.05) is 57.9 Å². The summed E-state index contributed by atoms with van der Waals surface area (Å²) >= 11 is 0. The number of rotatable bonds is 4. The molecule has 1 aromatic rings. The normalized spacial score (nSPS) is 26.9. The zero-order valence-electron chi connectivity index (χ0n) is 15.6. The molecule has 0 radical (unpaired) electrons. The second-order valence-corrected chi connectivity index (χ2v) is 8.75. The SMILES string of the molecule is O=S1NCC2(CCOCC2)Oc2nc(OCCN3CCC(F)(F)CC3)ccc21. The first-order valence-corrected chi connectivity index (χ1v) is 10.8. The Hall–Kier alpha value is -1.36. The molecule has 28 heavy (non-hydrogen) atoms. The van der Waals surface area contributed by atoms with Gasteiger partial charge >= 0.3 is 0 Å². The van der Waals surface area contributed by atoms with Crippen LogP contribution in [0.1, 0.15) is 25.7 Å². The highest BCUT2D eigenvalue weighted by atomic mass is 32.2. The van der Waals surface area contributed by atoms with Gasteiger partial charge in [-0.2, -0.15) is 4.98 Å². The lowest BCUT2D eigenvalue weighted by atomic mass is 9.94. The minimum absolute atomic E-state index is 0.109. The van der Waals surface area contributed by atoms with Gasteiger partial charge in [-0.1, -0.05) is 0 Å². The number of nitrogens with one attached hydrogen (secondary N) is 1. The molecule has 2 saturated heterocycles. The van der Waals surface area contributed by atoms with Crippen LogP contribution >= 0.6 is 0 Å². The predicted octanol–water partition coefficient (Wildman–Crippen LogP) is 1.75. The Morgan fingerprint density at radius 2 is 1.96 bits per heavy atom. The van der Waals surface area contributed by atoms with E-state index < -0.39 is 22.5 Å². The summed E-state index contributed by atoms with van der Waals surface area (Å²) in [5.41, 5.74) is -0.482. The third-order valence-corrected chi connectivity index (χ3v) is 6.60. The van der Waals surface area contributed by atoms with Crippen LogP contribution in [0.5, 0.6) is 11.8 Å². The molecule has 1 aromatic heterocycles. The van der Waals surface area contributed by atoms with Crippen molar-refractivity contribution in [2.24, 2.45) is 0 Å². The molecule has 10 heteroatoms. The summed E-state index contributed by atoms with van der Waals surface area (Å²) in [6, 6.07) is 3.36. The van der Waals surface area contributed by atoms with Crippen molar-refractivity contribution >= 4 is 11.0 Å². The molecule has 0 aromatic carbocycles. The topological polar surface area (TPSA) is 72.9 Å². The van der Waals surface area contributed by atoms with Gasteiger partial charge in [0.15, 0.2) is 0 Å². The Kier molecular flexibility index (Phi) is 5.82. The number of ether oxygens (including phenoxy) is 3. The number of pyridine rings is 1. The number of aromatic nitrogens is 1. The third kappa shape index (κ3) is 4.61. The van der Waals surface area contributed by atoms with E-state index in [1.54, 1.807) is 12.1 Å². The van der Waals surface area contributed by atoms with E-state index in [1.165, 1.54) is 0 Å². The maximum Gasteiger partial charge on any atom is 0.250 e. The van der Waals surface area contributed by atoms with Crippen LogP contribution in [0, 0.1) is 0 Å². The van der Waals surface area contributed by atoms with Crippen LogP contribution in [-0.4, -0.2) is 71.6 Å². The molecule has 1 atom stereocenters. The Balaban J connectivity index is 1.38. The zero-order valence-corrected chi connectivity index (χ0v) is 16.4.